The average molecular weight is 328 g/mol. The molecule has 0 aliphatic heterocycles. The van der Waals surface area contributed by atoms with Crippen LogP contribution in [0, 0.1) is 17.8 Å². The van der Waals surface area contributed by atoms with Crippen LogP contribution in [0.4, 0.5) is 0 Å². The lowest BCUT2D eigenvalue weighted by atomic mass is 9.84. The minimum absolute atomic E-state index is 0.0394. The van der Waals surface area contributed by atoms with Crippen LogP contribution in [0.25, 0.3) is 0 Å². The fraction of sp³-hybridized carbons (Fsp3) is 0.643. The number of hydrogen-bond acceptors (Lipinski definition) is 3. The summed E-state index contributed by atoms with van der Waals surface area (Å²) in [6.45, 7) is 2.02. The highest BCUT2D eigenvalue weighted by Crippen LogP contribution is 2.49. The minimum Gasteiger partial charge on any atom is -0.481 e. The van der Waals surface area contributed by atoms with Gasteiger partial charge in [-0.2, -0.15) is 0 Å². The van der Waals surface area contributed by atoms with Crippen molar-refractivity contribution in [2.45, 2.75) is 38.3 Å². The van der Waals surface area contributed by atoms with Gasteiger partial charge in [-0.05, 0) is 66.1 Å². The third kappa shape index (κ3) is 2.34. The molecule has 5 heteroatoms. The summed E-state index contributed by atoms with van der Waals surface area (Å²) in [7, 11) is 0. The van der Waals surface area contributed by atoms with Gasteiger partial charge in [-0.25, -0.2) is 0 Å². The van der Waals surface area contributed by atoms with Gasteiger partial charge in [-0.3, -0.25) is 4.79 Å². The number of carboxylic acids is 1. The first-order chi connectivity index (χ1) is 9.06. The largest absolute Gasteiger partial charge is 0.481 e. The predicted molar refractivity (Wildman–Crippen MR) is 73.7 cm³/mol. The van der Waals surface area contributed by atoms with Crippen LogP contribution in [0.1, 0.15) is 38.0 Å². The number of rotatable bonds is 4. The Morgan fingerprint density at radius 3 is 2.84 bits per heavy atom. The van der Waals surface area contributed by atoms with E-state index in [0.29, 0.717) is 16.5 Å². The Kier molecular flexibility index (Phi) is 3.43. The second-order valence-electron chi connectivity index (χ2n) is 5.75. The summed E-state index contributed by atoms with van der Waals surface area (Å²) >= 11 is 3.29. The van der Waals surface area contributed by atoms with Crippen molar-refractivity contribution in [2.75, 3.05) is 0 Å². The van der Waals surface area contributed by atoms with Crippen LogP contribution in [-0.2, 0) is 4.79 Å². The van der Waals surface area contributed by atoms with Crippen LogP contribution in [0.15, 0.2) is 21.2 Å². The molecule has 0 saturated heterocycles. The molecule has 2 aliphatic rings. The fourth-order valence-electron chi connectivity index (χ4n) is 3.82. The first kappa shape index (κ1) is 13.2. The van der Waals surface area contributed by atoms with Crippen molar-refractivity contribution in [1.82, 2.24) is 5.32 Å². The van der Waals surface area contributed by atoms with Crippen molar-refractivity contribution < 1.29 is 14.3 Å². The summed E-state index contributed by atoms with van der Waals surface area (Å²) in [5.41, 5.74) is 0. The molecule has 1 aromatic heterocycles. The van der Waals surface area contributed by atoms with Gasteiger partial charge in [0.1, 0.15) is 5.76 Å². The summed E-state index contributed by atoms with van der Waals surface area (Å²) in [5.74, 6) is 0.818. The van der Waals surface area contributed by atoms with Gasteiger partial charge in [-0.1, -0.05) is 0 Å². The van der Waals surface area contributed by atoms with Crippen LogP contribution >= 0.6 is 15.9 Å². The van der Waals surface area contributed by atoms with E-state index in [1.54, 1.807) is 0 Å². The molecule has 1 heterocycles. The number of aliphatic carboxylic acids is 1. The van der Waals surface area contributed by atoms with Crippen molar-refractivity contribution in [1.29, 1.82) is 0 Å². The maximum atomic E-state index is 11.5. The van der Waals surface area contributed by atoms with Gasteiger partial charge in [0.2, 0.25) is 0 Å². The van der Waals surface area contributed by atoms with Crippen LogP contribution in [0.5, 0.6) is 0 Å². The summed E-state index contributed by atoms with van der Waals surface area (Å²) < 4.78 is 6.25. The number of carboxylic acid groups (broad SMARTS) is 1. The highest BCUT2D eigenvalue weighted by molar-refractivity contribution is 9.10. The third-order valence-corrected chi connectivity index (χ3v) is 5.09. The maximum absolute atomic E-state index is 11.5. The van der Waals surface area contributed by atoms with E-state index in [9.17, 15) is 9.90 Å². The third-order valence-electron chi connectivity index (χ3n) is 4.66. The molecule has 0 spiro atoms. The molecule has 2 N–H and O–H groups in total. The quantitative estimate of drug-likeness (QED) is 0.891. The summed E-state index contributed by atoms with van der Waals surface area (Å²) in [4.78, 5) is 11.5. The molecule has 2 aliphatic carbocycles. The van der Waals surface area contributed by atoms with Crippen molar-refractivity contribution in [3.8, 4) is 0 Å². The van der Waals surface area contributed by atoms with Gasteiger partial charge < -0.3 is 14.8 Å². The van der Waals surface area contributed by atoms with Crippen LogP contribution in [0.3, 0.4) is 0 Å². The van der Waals surface area contributed by atoms with E-state index >= 15 is 0 Å². The molecule has 5 atom stereocenters. The SMILES string of the molecule is CC(NC1C2CCC(C2)C1C(=O)O)c1ccc(Br)o1. The monoisotopic (exact) mass is 327 g/mol. The molecule has 2 bridgehead atoms. The average Bonchev–Trinajstić information content (AvgIpc) is 3.03. The Bertz CT molecular complexity index is 487. The number of carbonyl (C=O) groups is 1. The van der Waals surface area contributed by atoms with Gasteiger partial charge in [0.15, 0.2) is 4.67 Å². The normalized spacial score (nSPS) is 34.6. The first-order valence-corrected chi connectivity index (χ1v) is 7.59. The first-order valence-electron chi connectivity index (χ1n) is 6.80. The van der Waals surface area contributed by atoms with E-state index in [2.05, 4.69) is 21.2 Å². The number of nitrogens with one attached hydrogen (secondary N) is 1. The van der Waals surface area contributed by atoms with Gasteiger partial charge in [0.25, 0.3) is 0 Å². The maximum Gasteiger partial charge on any atom is 0.308 e. The number of hydrogen-bond donors (Lipinski definition) is 2. The van der Waals surface area contributed by atoms with E-state index in [4.69, 9.17) is 4.42 Å². The summed E-state index contributed by atoms with van der Waals surface area (Å²) in [5, 5.41) is 12.9. The van der Waals surface area contributed by atoms with Crippen LogP contribution < -0.4 is 5.32 Å². The molecule has 4 nitrogen and oxygen atoms in total. The van der Waals surface area contributed by atoms with Gasteiger partial charge >= 0.3 is 5.97 Å². The molecule has 104 valence electrons. The molecule has 0 amide bonds. The zero-order chi connectivity index (χ0) is 13.6. The van der Waals surface area contributed by atoms with Crippen molar-refractivity contribution >= 4 is 21.9 Å². The molecule has 19 heavy (non-hydrogen) atoms. The molecular weight excluding hydrogens is 310 g/mol. The lowest BCUT2D eigenvalue weighted by Gasteiger charge is -2.31. The Labute approximate surface area is 120 Å². The molecule has 1 aromatic rings. The molecular formula is C14H18BrNO3. The smallest absolute Gasteiger partial charge is 0.308 e. The second kappa shape index (κ2) is 4.94. The van der Waals surface area contributed by atoms with Crippen LogP contribution in [0.2, 0.25) is 0 Å². The minimum atomic E-state index is -0.655. The predicted octanol–water partition coefficient (Wildman–Crippen LogP) is 3.19. The van der Waals surface area contributed by atoms with Crippen molar-refractivity contribution in [3.63, 3.8) is 0 Å². The topological polar surface area (TPSA) is 62.5 Å². The Balaban J connectivity index is 1.73. The van der Waals surface area contributed by atoms with Gasteiger partial charge in [0, 0.05) is 6.04 Å². The van der Waals surface area contributed by atoms with Gasteiger partial charge in [-0.15, -0.1) is 0 Å². The van der Waals surface area contributed by atoms with E-state index in [1.807, 2.05) is 19.1 Å². The Morgan fingerprint density at radius 1 is 1.47 bits per heavy atom. The summed E-state index contributed by atoms with van der Waals surface area (Å²) in [6.07, 6.45) is 3.28. The Morgan fingerprint density at radius 2 is 2.21 bits per heavy atom. The summed E-state index contributed by atoms with van der Waals surface area (Å²) in [6, 6.07) is 3.90. The molecule has 2 saturated carbocycles. The lowest BCUT2D eigenvalue weighted by molar-refractivity contribution is -0.144. The van der Waals surface area contributed by atoms with Crippen molar-refractivity contribution in [3.05, 3.63) is 22.6 Å². The zero-order valence-corrected chi connectivity index (χ0v) is 12.4. The Hall–Kier alpha value is -0.810. The number of fused-ring (bicyclic) bond motifs is 2. The van der Waals surface area contributed by atoms with E-state index in [-0.39, 0.29) is 18.0 Å². The molecule has 5 unspecified atom stereocenters. The number of furan rings is 1. The number of halogens is 1. The molecule has 2 fully saturated rings. The molecule has 0 aromatic carbocycles. The molecule has 0 radical (unpaired) electrons. The fourth-order valence-corrected chi connectivity index (χ4v) is 4.14. The highest BCUT2D eigenvalue weighted by Gasteiger charge is 2.51. The van der Waals surface area contributed by atoms with E-state index in [1.165, 1.54) is 0 Å². The van der Waals surface area contributed by atoms with E-state index in [0.717, 1.165) is 25.0 Å². The van der Waals surface area contributed by atoms with Gasteiger partial charge in [0.05, 0.1) is 12.0 Å². The highest BCUT2D eigenvalue weighted by atomic mass is 79.9. The standard InChI is InChI=1S/C14H18BrNO3/c1-7(10-4-5-11(15)19-10)16-13-9-3-2-8(6-9)12(13)14(17)18/h4-5,7-9,12-13,16H,2-3,6H2,1H3,(H,17,18). The zero-order valence-electron chi connectivity index (χ0n) is 10.8. The lowest BCUT2D eigenvalue weighted by Crippen LogP contribution is -2.45. The molecule has 3 rings (SSSR count). The second-order valence-corrected chi connectivity index (χ2v) is 6.53. The van der Waals surface area contributed by atoms with Crippen LogP contribution in [-0.4, -0.2) is 17.1 Å². The van der Waals surface area contributed by atoms with E-state index < -0.39 is 5.97 Å². The van der Waals surface area contributed by atoms with Crippen molar-refractivity contribution in [2.24, 2.45) is 17.8 Å².